The summed E-state index contributed by atoms with van der Waals surface area (Å²) in [4.78, 5) is 20.1. The number of anilines is 1. The number of nitrogens with one attached hydrogen (secondary N) is 2. The van der Waals surface area contributed by atoms with Crippen molar-refractivity contribution in [1.82, 2.24) is 9.97 Å². The van der Waals surface area contributed by atoms with Crippen LogP contribution in [0.25, 0.3) is 0 Å². The van der Waals surface area contributed by atoms with Gasteiger partial charge in [0.1, 0.15) is 9.39 Å². The molecule has 0 aliphatic carbocycles. The molecule has 17 heavy (non-hydrogen) atoms. The van der Waals surface area contributed by atoms with E-state index in [9.17, 15) is 4.79 Å². The molecule has 0 amide bonds. The van der Waals surface area contributed by atoms with Gasteiger partial charge in [0.25, 0.3) is 5.56 Å². The second kappa shape index (κ2) is 5.99. The Balaban J connectivity index is 2.98. The van der Waals surface area contributed by atoms with E-state index in [1.165, 1.54) is 6.33 Å². The Labute approximate surface area is 113 Å². The van der Waals surface area contributed by atoms with Crippen LogP contribution in [0.5, 0.6) is 0 Å². The third-order valence-corrected chi connectivity index (χ3v) is 3.46. The highest BCUT2D eigenvalue weighted by Gasteiger charge is 2.16. The van der Waals surface area contributed by atoms with Crippen molar-refractivity contribution in [3.63, 3.8) is 0 Å². The average molecular weight is 349 g/mol. The SMILES string of the molecule is CCN(CC(C)C(=N)N)c1nc[nH]c(=O)c1I. The van der Waals surface area contributed by atoms with Crippen LogP contribution < -0.4 is 16.2 Å². The van der Waals surface area contributed by atoms with Crippen molar-refractivity contribution in [3.05, 3.63) is 20.3 Å². The lowest BCUT2D eigenvalue weighted by atomic mass is 10.1. The molecular formula is C10H16IN5O. The molecule has 1 atom stereocenters. The van der Waals surface area contributed by atoms with Crippen LogP contribution in [0.1, 0.15) is 13.8 Å². The van der Waals surface area contributed by atoms with Gasteiger partial charge >= 0.3 is 0 Å². The van der Waals surface area contributed by atoms with Crippen molar-refractivity contribution >= 4 is 34.2 Å². The molecule has 1 rings (SSSR count). The van der Waals surface area contributed by atoms with E-state index in [0.29, 0.717) is 22.5 Å². The van der Waals surface area contributed by atoms with Gasteiger partial charge in [-0.2, -0.15) is 0 Å². The fraction of sp³-hybridized carbons (Fsp3) is 0.500. The molecule has 7 heteroatoms. The van der Waals surface area contributed by atoms with E-state index in [4.69, 9.17) is 11.1 Å². The highest BCUT2D eigenvalue weighted by molar-refractivity contribution is 14.1. The molecule has 0 aliphatic rings. The maximum Gasteiger partial charge on any atom is 0.266 e. The Morgan fingerprint density at radius 3 is 2.94 bits per heavy atom. The van der Waals surface area contributed by atoms with Crippen LogP contribution in [0.4, 0.5) is 5.82 Å². The minimum atomic E-state index is -0.149. The Hall–Kier alpha value is -1.12. The molecule has 1 heterocycles. The van der Waals surface area contributed by atoms with Gasteiger partial charge in [0.2, 0.25) is 0 Å². The van der Waals surface area contributed by atoms with Gasteiger partial charge in [-0.05, 0) is 29.5 Å². The number of H-pyrrole nitrogens is 1. The summed E-state index contributed by atoms with van der Waals surface area (Å²) in [7, 11) is 0. The first-order valence-corrected chi connectivity index (χ1v) is 6.37. The van der Waals surface area contributed by atoms with Crippen LogP contribution in [-0.4, -0.2) is 28.9 Å². The molecule has 0 bridgehead atoms. The Morgan fingerprint density at radius 1 is 1.76 bits per heavy atom. The predicted octanol–water partition coefficient (Wildman–Crippen LogP) is 0.773. The molecule has 4 N–H and O–H groups in total. The van der Waals surface area contributed by atoms with Crippen LogP contribution >= 0.6 is 22.6 Å². The van der Waals surface area contributed by atoms with Gasteiger partial charge in [-0.1, -0.05) is 6.92 Å². The second-order valence-corrected chi connectivity index (χ2v) is 4.84. The largest absolute Gasteiger partial charge is 0.387 e. The fourth-order valence-corrected chi connectivity index (χ4v) is 2.02. The zero-order chi connectivity index (χ0) is 13.0. The third kappa shape index (κ3) is 3.42. The molecule has 0 saturated carbocycles. The quantitative estimate of drug-likeness (QED) is 0.415. The van der Waals surface area contributed by atoms with Crippen LogP contribution in [0.2, 0.25) is 0 Å². The number of halogens is 1. The lowest BCUT2D eigenvalue weighted by molar-refractivity contribution is 0.687. The van der Waals surface area contributed by atoms with E-state index in [1.54, 1.807) is 0 Å². The van der Waals surface area contributed by atoms with Crippen molar-refractivity contribution in [1.29, 1.82) is 5.41 Å². The zero-order valence-electron chi connectivity index (χ0n) is 9.83. The summed E-state index contributed by atoms with van der Waals surface area (Å²) in [5.41, 5.74) is 5.30. The molecule has 1 unspecified atom stereocenters. The summed E-state index contributed by atoms with van der Waals surface area (Å²) < 4.78 is 0.558. The maximum absolute atomic E-state index is 11.5. The fourth-order valence-electron chi connectivity index (χ4n) is 1.39. The van der Waals surface area contributed by atoms with E-state index in [-0.39, 0.29) is 17.3 Å². The molecular weight excluding hydrogens is 333 g/mol. The van der Waals surface area contributed by atoms with E-state index in [0.717, 1.165) is 0 Å². The summed E-state index contributed by atoms with van der Waals surface area (Å²) >= 11 is 1.97. The molecule has 0 saturated heterocycles. The van der Waals surface area contributed by atoms with Gasteiger partial charge in [0.15, 0.2) is 0 Å². The first kappa shape index (κ1) is 13.9. The van der Waals surface area contributed by atoms with E-state index >= 15 is 0 Å². The average Bonchev–Trinajstić information content (AvgIpc) is 2.29. The van der Waals surface area contributed by atoms with Crippen molar-refractivity contribution in [3.8, 4) is 0 Å². The Bertz CT molecular complexity index is 458. The summed E-state index contributed by atoms with van der Waals surface area (Å²) in [6, 6.07) is 0. The number of hydrogen-bond donors (Lipinski definition) is 3. The number of aromatic amines is 1. The van der Waals surface area contributed by atoms with Crippen LogP contribution in [0.3, 0.4) is 0 Å². The molecule has 0 spiro atoms. The van der Waals surface area contributed by atoms with Gasteiger partial charge < -0.3 is 15.6 Å². The number of amidine groups is 1. The number of nitrogens with two attached hydrogens (primary N) is 1. The van der Waals surface area contributed by atoms with Crippen LogP contribution in [0.15, 0.2) is 11.1 Å². The predicted molar refractivity (Wildman–Crippen MR) is 76.5 cm³/mol. The summed E-state index contributed by atoms with van der Waals surface area (Å²) in [6.07, 6.45) is 1.39. The highest BCUT2D eigenvalue weighted by atomic mass is 127. The monoisotopic (exact) mass is 349 g/mol. The summed E-state index contributed by atoms with van der Waals surface area (Å²) in [5.74, 6) is 0.722. The topological polar surface area (TPSA) is 98.9 Å². The minimum absolute atomic E-state index is 0.0631. The zero-order valence-corrected chi connectivity index (χ0v) is 12.0. The molecule has 0 fully saturated rings. The van der Waals surface area contributed by atoms with Crippen molar-refractivity contribution in [2.45, 2.75) is 13.8 Å². The highest BCUT2D eigenvalue weighted by Crippen LogP contribution is 2.16. The standard InChI is InChI=1S/C10H16IN5O/c1-3-16(4-6(2)8(12)13)9-7(11)10(17)15-5-14-9/h5-6H,3-4H2,1-2H3,(H3,12,13)(H,14,15,17). The van der Waals surface area contributed by atoms with Crippen LogP contribution in [0, 0.1) is 14.9 Å². The summed E-state index contributed by atoms with van der Waals surface area (Å²) in [5, 5.41) is 7.39. The van der Waals surface area contributed by atoms with Crippen LogP contribution in [-0.2, 0) is 0 Å². The summed E-state index contributed by atoms with van der Waals surface area (Å²) in [6.45, 7) is 5.15. The number of hydrogen-bond acceptors (Lipinski definition) is 4. The van der Waals surface area contributed by atoms with Crippen molar-refractivity contribution < 1.29 is 0 Å². The van der Waals surface area contributed by atoms with Gasteiger partial charge in [0, 0.05) is 19.0 Å². The van der Waals surface area contributed by atoms with Gasteiger partial charge in [0.05, 0.1) is 12.2 Å². The van der Waals surface area contributed by atoms with E-state index in [1.807, 2.05) is 41.3 Å². The first-order valence-electron chi connectivity index (χ1n) is 5.29. The molecule has 0 radical (unpaired) electrons. The van der Waals surface area contributed by atoms with Crippen molar-refractivity contribution in [2.24, 2.45) is 11.7 Å². The Kier molecular flexibility index (Phi) is 4.91. The van der Waals surface area contributed by atoms with E-state index < -0.39 is 0 Å². The first-order chi connectivity index (χ1) is 7.97. The lowest BCUT2D eigenvalue weighted by Crippen LogP contribution is -2.36. The van der Waals surface area contributed by atoms with Gasteiger partial charge in [-0.15, -0.1) is 0 Å². The normalized spacial score (nSPS) is 12.2. The maximum atomic E-state index is 11.5. The minimum Gasteiger partial charge on any atom is -0.387 e. The molecule has 0 aromatic carbocycles. The van der Waals surface area contributed by atoms with Gasteiger partial charge in [-0.3, -0.25) is 10.2 Å². The molecule has 94 valence electrons. The van der Waals surface area contributed by atoms with E-state index in [2.05, 4.69) is 9.97 Å². The number of rotatable bonds is 5. The van der Waals surface area contributed by atoms with Gasteiger partial charge in [-0.25, -0.2) is 4.98 Å². The third-order valence-electron chi connectivity index (χ3n) is 2.48. The number of aromatic nitrogens is 2. The Morgan fingerprint density at radius 2 is 2.41 bits per heavy atom. The molecule has 1 aromatic rings. The lowest BCUT2D eigenvalue weighted by Gasteiger charge is -2.25. The molecule has 0 aliphatic heterocycles. The van der Waals surface area contributed by atoms with Crippen molar-refractivity contribution in [2.75, 3.05) is 18.0 Å². The molecule has 1 aromatic heterocycles. The smallest absolute Gasteiger partial charge is 0.266 e. The second-order valence-electron chi connectivity index (χ2n) is 3.76. The number of nitrogens with zero attached hydrogens (tertiary/aromatic N) is 2. The molecule has 6 nitrogen and oxygen atoms in total.